The predicted octanol–water partition coefficient (Wildman–Crippen LogP) is 3.08. The van der Waals surface area contributed by atoms with Crippen molar-refractivity contribution < 1.29 is 0 Å². The van der Waals surface area contributed by atoms with Gasteiger partial charge < -0.3 is 5.73 Å². The number of rotatable bonds is 4. The van der Waals surface area contributed by atoms with Gasteiger partial charge >= 0.3 is 0 Å². The smallest absolute Gasteiger partial charge is 0.0649 e. The van der Waals surface area contributed by atoms with Gasteiger partial charge in [-0.05, 0) is 56.9 Å². The SMILES string of the molecule is CCC(N)Cc1ccc(-n2nc(C)c(C)c2C)cc1. The summed E-state index contributed by atoms with van der Waals surface area (Å²) in [5.74, 6) is 0. The van der Waals surface area contributed by atoms with Gasteiger partial charge in [0, 0.05) is 11.7 Å². The number of aromatic nitrogens is 2. The van der Waals surface area contributed by atoms with E-state index in [-0.39, 0.29) is 6.04 Å². The van der Waals surface area contributed by atoms with Crippen molar-refractivity contribution in [3.05, 3.63) is 46.8 Å². The number of nitrogens with two attached hydrogens (primary N) is 1. The largest absolute Gasteiger partial charge is 0.327 e. The van der Waals surface area contributed by atoms with Gasteiger partial charge in [0.1, 0.15) is 0 Å². The van der Waals surface area contributed by atoms with E-state index in [0.717, 1.165) is 24.2 Å². The quantitative estimate of drug-likeness (QED) is 0.914. The molecule has 2 N–H and O–H groups in total. The van der Waals surface area contributed by atoms with Gasteiger partial charge in [-0.15, -0.1) is 0 Å². The highest BCUT2D eigenvalue weighted by Crippen LogP contribution is 2.17. The summed E-state index contributed by atoms with van der Waals surface area (Å²) in [4.78, 5) is 0. The van der Waals surface area contributed by atoms with Crippen molar-refractivity contribution >= 4 is 0 Å². The molecule has 0 aliphatic heterocycles. The first-order chi connectivity index (χ1) is 9.02. The van der Waals surface area contributed by atoms with Crippen LogP contribution < -0.4 is 5.73 Å². The van der Waals surface area contributed by atoms with Crippen molar-refractivity contribution in [3.8, 4) is 5.69 Å². The highest BCUT2D eigenvalue weighted by Gasteiger charge is 2.09. The van der Waals surface area contributed by atoms with Crippen molar-refractivity contribution in [1.29, 1.82) is 0 Å². The highest BCUT2D eigenvalue weighted by atomic mass is 15.3. The monoisotopic (exact) mass is 257 g/mol. The molecular weight excluding hydrogens is 234 g/mol. The van der Waals surface area contributed by atoms with Gasteiger partial charge in [-0.1, -0.05) is 19.1 Å². The molecule has 19 heavy (non-hydrogen) atoms. The van der Waals surface area contributed by atoms with E-state index in [1.165, 1.54) is 16.8 Å². The Balaban J connectivity index is 2.25. The summed E-state index contributed by atoms with van der Waals surface area (Å²) in [5.41, 5.74) is 11.9. The van der Waals surface area contributed by atoms with Gasteiger partial charge in [-0.2, -0.15) is 5.10 Å². The van der Waals surface area contributed by atoms with E-state index in [9.17, 15) is 0 Å². The van der Waals surface area contributed by atoms with Gasteiger partial charge in [-0.25, -0.2) is 4.68 Å². The van der Waals surface area contributed by atoms with Gasteiger partial charge in [0.15, 0.2) is 0 Å². The third-order valence-corrected chi connectivity index (χ3v) is 3.86. The number of hydrogen-bond acceptors (Lipinski definition) is 2. The molecule has 1 atom stereocenters. The summed E-state index contributed by atoms with van der Waals surface area (Å²) in [6.45, 7) is 8.39. The number of hydrogen-bond donors (Lipinski definition) is 1. The fourth-order valence-electron chi connectivity index (χ4n) is 2.19. The van der Waals surface area contributed by atoms with Crippen LogP contribution in [0.4, 0.5) is 0 Å². The van der Waals surface area contributed by atoms with Gasteiger partial charge in [0.05, 0.1) is 11.4 Å². The molecule has 3 nitrogen and oxygen atoms in total. The number of aryl methyl sites for hydroxylation is 1. The summed E-state index contributed by atoms with van der Waals surface area (Å²) in [6, 6.07) is 8.79. The van der Waals surface area contributed by atoms with E-state index in [1.807, 2.05) is 11.6 Å². The average molecular weight is 257 g/mol. The van der Waals surface area contributed by atoms with Crippen molar-refractivity contribution in [2.24, 2.45) is 5.73 Å². The Morgan fingerprint density at radius 1 is 1.16 bits per heavy atom. The third-order valence-electron chi connectivity index (χ3n) is 3.86. The van der Waals surface area contributed by atoms with Crippen LogP contribution in [0.5, 0.6) is 0 Å². The Hall–Kier alpha value is -1.61. The lowest BCUT2D eigenvalue weighted by Crippen LogP contribution is -2.21. The lowest BCUT2D eigenvalue weighted by molar-refractivity contribution is 0.646. The molecule has 0 radical (unpaired) electrons. The Labute approximate surface area is 115 Å². The third kappa shape index (κ3) is 2.87. The molecule has 1 heterocycles. The van der Waals surface area contributed by atoms with E-state index < -0.39 is 0 Å². The van der Waals surface area contributed by atoms with Crippen molar-refractivity contribution in [3.63, 3.8) is 0 Å². The normalized spacial score (nSPS) is 12.7. The van der Waals surface area contributed by atoms with E-state index in [0.29, 0.717) is 0 Å². The molecule has 1 aromatic heterocycles. The van der Waals surface area contributed by atoms with Crippen LogP contribution in [0.1, 0.15) is 35.9 Å². The zero-order valence-electron chi connectivity index (χ0n) is 12.3. The fourth-order valence-corrected chi connectivity index (χ4v) is 2.19. The van der Waals surface area contributed by atoms with Crippen molar-refractivity contribution in [2.75, 3.05) is 0 Å². The fraction of sp³-hybridized carbons (Fsp3) is 0.438. The molecule has 0 aliphatic rings. The number of benzene rings is 1. The van der Waals surface area contributed by atoms with Crippen LogP contribution in [0.15, 0.2) is 24.3 Å². The minimum Gasteiger partial charge on any atom is -0.327 e. The molecule has 0 fully saturated rings. The molecule has 3 heteroatoms. The van der Waals surface area contributed by atoms with E-state index in [4.69, 9.17) is 5.73 Å². The zero-order chi connectivity index (χ0) is 14.0. The standard InChI is InChI=1S/C16H23N3/c1-5-15(17)10-14-6-8-16(9-7-14)19-13(4)11(2)12(3)18-19/h6-9,15H,5,10,17H2,1-4H3. The van der Waals surface area contributed by atoms with Crippen molar-refractivity contribution in [1.82, 2.24) is 9.78 Å². The maximum Gasteiger partial charge on any atom is 0.0649 e. The molecule has 2 rings (SSSR count). The molecule has 0 bridgehead atoms. The maximum absolute atomic E-state index is 5.98. The van der Waals surface area contributed by atoms with Crippen LogP contribution in [-0.2, 0) is 6.42 Å². The van der Waals surface area contributed by atoms with Crippen LogP contribution >= 0.6 is 0 Å². The van der Waals surface area contributed by atoms with Crippen LogP contribution in [0.2, 0.25) is 0 Å². The van der Waals surface area contributed by atoms with Crippen molar-refractivity contribution in [2.45, 2.75) is 46.6 Å². The Morgan fingerprint density at radius 3 is 2.26 bits per heavy atom. The maximum atomic E-state index is 5.98. The molecule has 102 valence electrons. The molecule has 0 aliphatic carbocycles. The molecule has 2 aromatic rings. The van der Waals surface area contributed by atoms with Gasteiger partial charge in [0.2, 0.25) is 0 Å². The molecule has 0 saturated carbocycles. The number of nitrogens with zero attached hydrogens (tertiary/aromatic N) is 2. The molecule has 0 saturated heterocycles. The summed E-state index contributed by atoms with van der Waals surface area (Å²) in [7, 11) is 0. The second-order valence-electron chi connectivity index (χ2n) is 5.25. The Bertz CT molecular complexity index is 552. The summed E-state index contributed by atoms with van der Waals surface area (Å²) < 4.78 is 2.01. The average Bonchev–Trinajstić information content (AvgIpc) is 2.67. The second kappa shape index (κ2) is 5.57. The first-order valence-corrected chi connectivity index (χ1v) is 6.90. The minimum atomic E-state index is 0.252. The Morgan fingerprint density at radius 2 is 1.79 bits per heavy atom. The zero-order valence-corrected chi connectivity index (χ0v) is 12.3. The molecule has 0 spiro atoms. The topological polar surface area (TPSA) is 43.8 Å². The predicted molar refractivity (Wildman–Crippen MR) is 79.7 cm³/mol. The van der Waals surface area contributed by atoms with Gasteiger partial charge in [-0.3, -0.25) is 0 Å². The van der Waals surface area contributed by atoms with Gasteiger partial charge in [0.25, 0.3) is 0 Å². The van der Waals surface area contributed by atoms with Crippen LogP contribution in [0.25, 0.3) is 5.69 Å². The summed E-state index contributed by atoms with van der Waals surface area (Å²) in [5, 5.41) is 4.58. The van der Waals surface area contributed by atoms with Crippen LogP contribution in [0, 0.1) is 20.8 Å². The van der Waals surface area contributed by atoms with Crippen LogP contribution in [0.3, 0.4) is 0 Å². The first-order valence-electron chi connectivity index (χ1n) is 6.90. The van der Waals surface area contributed by atoms with Crippen LogP contribution in [-0.4, -0.2) is 15.8 Å². The van der Waals surface area contributed by atoms with E-state index in [1.54, 1.807) is 0 Å². The summed E-state index contributed by atoms with van der Waals surface area (Å²) in [6.07, 6.45) is 1.95. The molecule has 0 amide bonds. The van der Waals surface area contributed by atoms with E-state index >= 15 is 0 Å². The first kappa shape index (κ1) is 13.8. The highest BCUT2D eigenvalue weighted by molar-refractivity contribution is 5.38. The summed E-state index contributed by atoms with van der Waals surface area (Å²) >= 11 is 0. The molecule has 1 unspecified atom stereocenters. The van der Waals surface area contributed by atoms with E-state index in [2.05, 4.69) is 50.1 Å². The minimum absolute atomic E-state index is 0.252. The molecule has 1 aromatic carbocycles. The Kier molecular flexibility index (Phi) is 4.05. The lowest BCUT2D eigenvalue weighted by Gasteiger charge is -2.10. The molecular formula is C16H23N3. The second-order valence-corrected chi connectivity index (χ2v) is 5.25. The lowest BCUT2D eigenvalue weighted by atomic mass is 10.0.